The van der Waals surface area contributed by atoms with Crippen molar-refractivity contribution in [1.29, 1.82) is 0 Å². The van der Waals surface area contributed by atoms with Gasteiger partial charge < -0.3 is 9.84 Å². The minimum absolute atomic E-state index is 0.110. The number of aliphatic carboxylic acids is 1. The standard InChI is InChI=1S/C17H13F3O3/c18-17(19,20)15-13(16(21)22)9-11-7-4-8-12(14(11)23-15)10-5-2-1-3-6-10/h1-8,13,15H,9H2,(H,21,22)/t13-,15+/m1/s1. The van der Waals surface area contributed by atoms with E-state index in [0.717, 1.165) is 5.56 Å². The zero-order valence-corrected chi connectivity index (χ0v) is 11.9. The van der Waals surface area contributed by atoms with Gasteiger partial charge in [-0.25, -0.2) is 0 Å². The van der Waals surface area contributed by atoms with Gasteiger partial charge in [0.15, 0.2) is 0 Å². The quantitative estimate of drug-likeness (QED) is 0.911. The lowest BCUT2D eigenvalue weighted by molar-refractivity contribution is -0.217. The summed E-state index contributed by atoms with van der Waals surface area (Å²) in [4.78, 5) is 11.2. The van der Waals surface area contributed by atoms with E-state index < -0.39 is 24.2 Å². The molecule has 23 heavy (non-hydrogen) atoms. The largest absolute Gasteiger partial charge is 0.481 e. The van der Waals surface area contributed by atoms with Crippen LogP contribution in [0.15, 0.2) is 48.5 Å². The highest BCUT2D eigenvalue weighted by Crippen LogP contribution is 2.43. The Morgan fingerprint density at radius 2 is 1.78 bits per heavy atom. The van der Waals surface area contributed by atoms with Crippen molar-refractivity contribution in [2.45, 2.75) is 18.7 Å². The van der Waals surface area contributed by atoms with Crippen LogP contribution in [-0.2, 0) is 11.2 Å². The molecule has 0 fully saturated rings. The molecular formula is C17H13F3O3. The van der Waals surface area contributed by atoms with Gasteiger partial charge in [0, 0.05) is 5.56 Å². The Balaban J connectivity index is 2.10. The van der Waals surface area contributed by atoms with Gasteiger partial charge in [-0.2, -0.15) is 13.2 Å². The minimum Gasteiger partial charge on any atom is -0.481 e. The number of ether oxygens (including phenoxy) is 1. The van der Waals surface area contributed by atoms with Gasteiger partial charge in [-0.1, -0.05) is 48.5 Å². The van der Waals surface area contributed by atoms with Crippen LogP contribution < -0.4 is 4.74 Å². The van der Waals surface area contributed by atoms with Crippen LogP contribution in [0.3, 0.4) is 0 Å². The number of alkyl halides is 3. The maximum Gasteiger partial charge on any atom is 0.426 e. The number of carbonyl (C=O) groups is 1. The average Bonchev–Trinajstić information content (AvgIpc) is 2.53. The molecule has 0 unspecified atom stereocenters. The lowest BCUT2D eigenvalue weighted by Gasteiger charge is -2.33. The molecule has 120 valence electrons. The number of benzene rings is 2. The molecule has 0 amide bonds. The maximum atomic E-state index is 13.2. The summed E-state index contributed by atoms with van der Waals surface area (Å²) in [6, 6.07) is 13.9. The van der Waals surface area contributed by atoms with Crippen molar-refractivity contribution in [1.82, 2.24) is 0 Å². The lowest BCUT2D eigenvalue weighted by atomic mass is 9.88. The number of halogens is 3. The van der Waals surface area contributed by atoms with E-state index in [-0.39, 0.29) is 12.2 Å². The summed E-state index contributed by atoms with van der Waals surface area (Å²) in [6.45, 7) is 0. The normalized spacial score (nSPS) is 20.5. The van der Waals surface area contributed by atoms with Gasteiger partial charge in [0.25, 0.3) is 0 Å². The fourth-order valence-corrected chi connectivity index (χ4v) is 2.79. The summed E-state index contributed by atoms with van der Waals surface area (Å²) < 4.78 is 44.7. The predicted molar refractivity (Wildman–Crippen MR) is 77.2 cm³/mol. The van der Waals surface area contributed by atoms with Gasteiger partial charge in [-0.3, -0.25) is 4.79 Å². The molecule has 0 saturated heterocycles. The van der Waals surface area contributed by atoms with Crippen molar-refractivity contribution in [3.63, 3.8) is 0 Å². The molecule has 6 heteroatoms. The molecular weight excluding hydrogens is 309 g/mol. The van der Waals surface area contributed by atoms with E-state index in [1.54, 1.807) is 48.5 Å². The molecule has 0 aliphatic carbocycles. The molecule has 3 nitrogen and oxygen atoms in total. The number of hydrogen-bond donors (Lipinski definition) is 1. The molecule has 2 aromatic carbocycles. The van der Waals surface area contributed by atoms with Crippen molar-refractivity contribution in [3.05, 3.63) is 54.1 Å². The molecule has 1 heterocycles. The zero-order valence-electron chi connectivity index (χ0n) is 11.9. The van der Waals surface area contributed by atoms with E-state index in [4.69, 9.17) is 9.84 Å². The van der Waals surface area contributed by atoms with Crippen molar-refractivity contribution >= 4 is 5.97 Å². The van der Waals surface area contributed by atoms with Gasteiger partial charge in [-0.05, 0) is 17.5 Å². The first-order chi connectivity index (χ1) is 10.9. The third-order valence-corrected chi connectivity index (χ3v) is 3.87. The van der Waals surface area contributed by atoms with Crippen molar-refractivity contribution in [2.24, 2.45) is 5.92 Å². The molecule has 0 bridgehead atoms. The Morgan fingerprint density at radius 3 is 2.39 bits per heavy atom. The van der Waals surface area contributed by atoms with Crippen LogP contribution in [0.1, 0.15) is 5.56 Å². The summed E-state index contributed by atoms with van der Waals surface area (Å²) >= 11 is 0. The van der Waals surface area contributed by atoms with E-state index in [2.05, 4.69) is 0 Å². The first-order valence-electron chi connectivity index (χ1n) is 7.01. The van der Waals surface area contributed by atoms with E-state index in [1.165, 1.54) is 0 Å². The van der Waals surface area contributed by atoms with Crippen molar-refractivity contribution in [3.8, 4) is 16.9 Å². The highest BCUT2D eigenvalue weighted by atomic mass is 19.4. The van der Waals surface area contributed by atoms with Gasteiger partial charge >= 0.3 is 12.1 Å². The molecule has 1 aliphatic heterocycles. The highest BCUT2D eigenvalue weighted by molar-refractivity contribution is 5.76. The molecule has 1 aliphatic rings. The first kappa shape index (κ1) is 15.4. The average molecular weight is 322 g/mol. The number of hydrogen-bond acceptors (Lipinski definition) is 2. The summed E-state index contributed by atoms with van der Waals surface area (Å²) in [7, 11) is 0. The van der Waals surface area contributed by atoms with E-state index in [0.29, 0.717) is 11.1 Å². The Bertz CT molecular complexity index is 726. The van der Waals surface area contributed by atoms with Crippen LogP contribution in [0.5, 0.6) is 5.75 Å². The molecule has 0 radical (unpaired) electrons. The van der Waals surface area contributed by atoms with Crippen LogP contribution in [0.2, 0.25) is 0 Å². The van der Waals surface area contributed by atoms with Crippen LogP contribution in [0, 0.1) is 5.92 Å². The molecule has 0 aromatic heterocycles. The third-order valence-electron chi connectivity index (χ3n) is 3.87. The summed E-state index contributed by atoms with van der Waals surface area (Å²) in [5.41, 5.74) is 1.72. The number of carboxylic acid groups (broad SMARTS) is 1. The Morgan fingerprint density at radius 1 is 1.09 bits per heavy atom. The minimum atomic E-state index is -4.75. The van der Waals surface area contributed by atoms with Gasteiger partial charge in [0.2, 0.25) is 6.10 Å². The third kappa shape index (κ3) is 2.88. The fourth-order valence-electron chi connectivity index (χ4n) is 2.79. The fraction of sp³-hybridized carbons (Fsp3) is 0.235. The highest BCUT2D eigenvalue weighted by Gasteiger charge is 2.52. The Hall–Kier alpha value is -2.50. The van der Waals surface area contributed by atoms with Crippen LogP contribution in [0.25, 0.3) is 11.1 Å². The summed E-state index contributed by atoms with van der Waals surface area (Å²) in [6.07, 6.45) is -7.31. The monoisotopic (exact) mass is 322 g/mol. The Kier molecular flexibility index (Phi) is 3.75. The van der Waals surface area contributed by atoms with E-state index in [9.17, 15) is 18.0 Å². The Labute approximate surface area is 130 Å². The molecule has 0 saturated carbocycles. The van der Waals surface area contributed by atoms with Gasteiger partial charge in [-0.15, -0.1) is 0 Å². The number of fused-ring (bicyclic) bond motifs is 1. The van der Waals surface area contributed by atoms with Crippen LogP contribution in [-0.4, -0.2) is 23.4 Å². The number of rotatable bonds is 2. The first-order valence-corrected chi connectivity index (χ1v) is 7.01. The van der Waals surface area contributed by atoms with Gasteiger partial charge in [0.1, 0.15) is 11.7 Å². The van der Waals surface area contributed by atoms with Gasteiger partial charge in [0.05, 0.1) is 0 Å². The maximum absolute atomic E-state index is 13.2. The van der Waals surface area contributed by atoms with Crippen molar-refractivity contribution < 1.29 is 27.8 Å². The lowest BCUT2D eigenvalue weighted by Crippen LogP contribution is -2.47. The van der Waals surface area contributed by atoms with E-state index in [1.807, 2.05) is 0 Å². The summed E-state index contributed by atoms with van der Waals surface area (Å²) in [5.74, 6) is -3.05. The molecule has 2 atom stereocenters. The molecule has 1 N–H and O–H groups in total. The molecule has 3 rings (SSSR count). The SMILES string of the molecule is O=C(O)[C@@H]1Cc2cccc(-c3ccccc3)c2O[C@@H]1C(F)(F)F. The number of carboxylic acids is 1. The second-order valence-electron chi connectivity index (χ2n) is 5.39. The molecule has 0 spiro atoms. The second kappa shape index (κ2) is 5.61. The van der Waals surface area contributed by atoms with E-state index >= 15 is 0 Å². The topological polar surface area (TPSA) is 46.5 Å². The molecule has 2 aromatic rings. The second-order valence-corrected chi connectivity index (χ2v) is 5.39. The number of para-hydroxylation sites is 1. The van der Waals surface area contributed by atoms with Crippen LogP contribution >= 0.6 is 0 Å². The summed E-state index contributed by atoms with van der Waals surface area (Å²) in [5, 5.41) is 9.10. The zero-order chi connectivity index (χ0) is 16.6. The predicted octanol–water partition coefficient (Wildman–Crippen LogP) is 3.92. The van der Waals surface area contributed by atoms with Crippen LogP contribution in [0.4, 0.5) is 13.2 Å². The smallest absolute Gasteiger partial charge is 0.426 e. The van der Waals surface area contributed by atoms with Crippen molar-refractivity contribution in [2.75, 3.05) is 0 Å².